The summed E-state index contributed by atoms with van der Waals surface area (Å²) in [5.74, 6) is 0. The lowest BCUT2D eigenvalue weighted by Crippen LogP contribution is -2.39. The third kappa shape index (κ3) is 3.32. The lowest BCUT2D eigenvalue weighted by molar-refractivity contribution is 0.224. The summed E-state index contributed by atoms with van der Waals surface area (Å²) in [7, 11) is 3.47. The Morgan fingerprint density at radius 2 is 2.14 bits per heavy atom. The van der Waals surface area contributed by atoms with Gasteiger partial charge < -0.3 is 11.1 Å². The number of hydrazine groups is 1. The van der Waals surface area contributed by atoms with Crippen LogP contribution in [0.15, 0.2) is 24.3 Å². The van der Waals surface area contributed by atoms with Crippen molar-refractivity contribution in [1.82, 2.24) is 10.4 Å². The van der Waals surface area contributed by atoms with Crippen LogP contribution in [-0.4, -0.2) is 25.1 Å². The fraction of sp³-hybridized carbons (Fsp3) is 0.222. The first kappa shape index (κ1) is 10.3. The van der Waals surface area contributed by atoms with E-state index >= 15 is 0 Å². The number of anilines is 2. The van der Waals surface area contributed by atoms with E-state index in [9.17, 15) is 4.79 Å². The van der Waals surface area contributed by atoms with Crippen LogP contribution in [0.3, 0.4) is 0 Å². The molecule has 0 aromatic heterocycles. The molecule has 0 saturated heterocycles. The number of carbonyl (C=O) groups is 1. The molecule has 5 heteroatoms. The molecule has 0 saturated carbocycles. The number of benzene rings is 1. The first-order valence-electron chi connectivity index (χ1n) is 4.18. The highest BCUT2D eigenvalue weighted by Gasteiger charge is 2.01. The molecule has 1 aromatic rings. The molecule has 1 rings (SSSR count). The molecule has 0 heterocycles. The maximum Gasteiger partial charge on any atom is 0.333 e. The van der Waals surface area contributed by atoms with Gasteiger partial charge in [0.05, 0.1) is 0 Å². The summed E-state index contributed by atoms with van der Waals surface area (Å²) < 4.78 is 0. The Balaban J connectivity index is 2.56. The van der Waals surface area contributed by atoms with E-state index in [1.165, 1.54) is 0 Å². The van der Waals surface area contributed by atoms with Crippen molar-refractivity contribution in [1.29, 1.82) is 0 Å². The third-order valence-corrected chi connectivity index (χ3v) is 1.47. The van der Waals surface area contributed by atoms with Crippen LogP contribution < -0.4 is 16.5 Å². The van der Waals surface area contributed by atoms with E-state index in [0.29, 0.717) is 11.4 Å². The summed E-state index contributed by atoms with van der Waals surface area (Å²) in [4.78, 5) is 11.2. The molecule has 1 aromatic carbocycles. The van der Waals surface area contributed by atoms with Crippen molar-refractivity contribution in [2.45, 2.75) is 0 Å². The first-order chi connectivity index (χ1) is 6.58. The summed E-state index contributed by atoms with van der Waals surface area (Å²) in [6.45, 7) is 0. The number of carbonyl (C=O) groups excluding carboxylic acids is 1. The van der Waals surface area contributed by atoms with Crippen LogP contribution in [0.5, 0.6) is 0 Å². The number of amides is 2. The normalized spacial score (nSPS) is 9.93. The highest BCUT2D eigenvalue weighted by molar-refractivity contribution is 5.89. The number of urea groups is 1. The highest BCUT2D eigenvalue weighted by Crippen LogP contribution is 2.11. The molecule has 0 aliphatic heterocycles. The maximum atomic E-state index is 11.2. The zero-order valence-electron chi connectivity index (χ0n) is 8.24. The van der Waals surface area contributed by atoms with Gasteiger partial charge in [0, 0.05) is 25.5 Å². The number of nitrogens with two attached hydrogens (primary N) is 1. The second-order valence-electron chi connectivity index (χ2n) is 3.09. The molecule has 0 aliphatic rings. The Kier molecular flexibility index (Phi) is 3.30. The molecule has 14 heavy (non-hydrogen) atoms. The molecule has 0 aliphatic carbocycles. The molecule has 0 unspecified atom stereocenters. The van der Waals surface area contributed by atoms with Crippen LogP contribution in [0.25, 0.3) is 0 Å². The fourth-order valence-corrected chi connectivity index (χ4v) is 0.979. The Hall–Kier alpha value is -1.75. The molecule has 2 amide bonds. The van der Waals surface area contributed by atoms with E-state index in [1.807, 2.05) is 0 Å². The maximum absolute atomic E-state index is 11.2. The van der Waals surface area contributed by atoms with Gasteiger partial charge in [-0.3, -0.25) is 5.43 Å². The fourth-order valence-electron chi connectivity index (χ4n) is 0.979. The Bertz CT molecular complexity index is 324. The number of hydrogen-bond donors (Lipinski definition) is 3. The lowest BCUT2D eigenvalue weighted by Gasteiger charge is -2.12. The molecule has 0 atom stereocenters. The van der Waals surface area contributed by atoms with Crippen molar-refractivity contribution in [2.75, 3.05) is 25.1 Å². The molecule has 0 radical (unpaired) electrons. The third-order valence-electron chi connectivity index (χ3n) is 1.47. The predicted molar refractivity (Wildman–Crippen MR) is 56.7 cm³/mol. The van der Waals surface area contributed by atoms with Gasteiger partial charge in [-0.1, -0.05) is 6.07 Å². The minimum Gasteiger partial charge on any atom is -0.399 e. The summed E-state index contributed by atoms with van der Waals surface area (Å²) in [5.41, 5.74) is 9.40. The lowest BCUT2D eigenvalue weighted by atomic mass is 10.3. The van der Waals surface area contributed by atoms with Crippen LogP contribution in [-0.2, 0) is 0 Å². The Morgan fingerprint density at radius 3 is 2.71 bits per heavy atom. The number of nitrogens with one attached hydrogen (secondary N) is 2. The van der Waals surface area contributed by atoms with Gasteiger partial charge >= 0.3 is 6.03 Å². The van der Waals surface area contributed by atoms with E-state index in [2.05, 4.69) is 10.7 Å². The average molecular weight is 194 g/mol. The van der Waals surface area contributed by atoms with Gasteiger partial charge in [-0.25, -0.2) is 9.80 Å². The summed E-state index contributed by atoms with van der Waals surface area (Å²) in [5, 5.41) is 4.20. The van der Waals surface area contributed by atoms with Crippen molar-refractivity contribution in [3.63, 3.8) is 0 Å². The largest absolute Gasteiger partial charge is 0.399 e. The minimum atomic E-state index is -0.291. The first-order valence-corrected chi connectivity index (χ1v) is 4.18. The topological polar surface area (TPSA) is 70.4 Å². The molecule has 5 nitrogen and oxygen atoms in total. The standard InChI is InChI=1S/C9H14N4O/c1-13(2)12-9(14)11-8-5-3-4-7(10)6-8/h3-6H,10H2,1-2H3,(H2,11,12,14). The summed E-state index contributed by atoms with van der Waals surface area (Å²) in [6.07, 6.45) is 0. The van der Waals surface area contributed by atoms with E-state index < -0.39 is 0 Å². The van der Waals surface area contributed by atoms with Crippen molar-refractivity contribution >= 4 is 17.4 Å². The van der Waals surface area contributed by atoms with Gasteiger partial charge in [-0.2, -0.15) is 0 Å². The van der Waals surface area contributed by atoms with Crippen LogP contribution in [0.2, 0.25) is 0 Å². The molecular weight excluding hydrogens is 180 g/mol. The van der Waals surface area contributed by atoms with Gasteiger partial charge in [0.2, 0.25) is 0 Å². The quantitative estimate of drug-likeness (QED) is 0.483. The molecule has 0 spiro atoms. The van der Waals surface area contributed by atoms with E-state index in [1.54, 1.807) is 43.4 Å². The summed E-state index contributed by atoms with van der Waals surface area (Å²) in [6, 6.07) is 6.71. The van der Waals surface area contributed by atoms with Crippen LogP contribution in [0, 0.1) is 0 Å². The smallest absolute Gasteiger partial charge is 0.333 e. The van der Waals surface area contributed by atoms with Crippen molar-refractivity contribution in [2.24, 2.45) is 0 Å². The van der Waals surface area contributed by atoms with Gasteiger partial charge in [-0.05, 0) is 18.2 Å². The van der Waals surface area contributed by atoms with Gasteiger partial charge in [0.25, 0.3) is 0 Å². The second kappa shape index (κ2) is 4.48. The molecule has 76 valence electrons. The summed E-state index contributed by atoms with van der Waals surface area (Å²) >= 11 is 0. The SMILES string of the molecule is CN(C)NC(=O)Nc1cccc(N)c1. The van der Waals surface area contributed by atoms with Crippen LogP contribution in [0.1, 0.15) is 0 Å². The van der Waals surface area contributed by atoms with Gasteiger partial charge in [-0.15, -0.1) is 0 Å². The van der Waals surface area contributed by atoms with Gasteiger partial charge in [0.15, 0.2) is 0 Å². The zero-order chi connectivity index (χ0) is 10.6. The minimum absolute atomic E-state index is 0.291. The number of nitrogen functional groups attached to an aromatic ring is 1. The molecule has 0 bridgehead atoms. The Morgan fingerprint density at radius 1 is 1.43 bits per heavy atom. The van der Waals surface area contributed by atoms with Crippen LogP contribution >= 0.6 is 0 Å². The van der Waals surface area contributed by atoms with Crippen molar-refractivity contribution in [3.05, 3.63) is 24.3 Å². The molecule has 4 N–H and O–H groups in total. The average Bonchev–Trinajstić information content (AvgIpc) is 2.01. The zero-order valence-corrected chi connectivity index (χ0v) is 8.24. The van der Waals surface area contributed by atoms with Crippen molar-refractivity contribution < 1.29 is 4.79 Å². The highest BCUT2D eigenvalue weighted by atomic mass is 16.2. The van der Waals surface area contributed by atoms with Crippen molar-refractivity contribution in [3.8, 4) is 0 Å². The van der Waals surface area contributed by atoms with E-state index in [-0.39, 0.29) is 6.03 Å². The van der Waals surface area contributed by atoms with E-state index in [0.717, 1.165) is 0 Å². The Labute approximate surface area is 82.9 Å². The number of nitrogens with zero attached hydrogens (tertiary/aromatic N) is 1. The molecule has 0 fully saturated rings. The number of rotatable bonds is 2. The predicted octanol–water partition coefficient (Wildman–Crippen LogP) is 0.867. The second-order valence-corrected chi connectivity index (χ2v) is 3.09. The van der Waals surface area contributed by atoms with Crippen LogP contribution in [0.4, 0.5) is 16.2 Å². The van der Waals surface area contributed by atoms with Gasteiger partial charge in [0.1, 0.15) is 0 Å². The molecular formula is C9H14N4O. The van der Waals surface area contributed by atoms with E-state index in [4.69, 9.17) is 5.73 Å². The number of hydrogen-bond acceptors (Lipinski definition) is 3. The monoisotopic (exact) mass is 194 g/mol.